The zero-order chi connectivity index (χ0) is 23.4. The smallest absolute Gasteiger partial charge is 0.550 e. The van der Waals surface area contributed by atoms with Gasteiger partial charge in [-0.3, -0.25) is 9.59 Å². The van der Waals surface area contributed by atoms with Gasteiger partial charge < -0.3 is 40.4 Å². The van der Waals surface area contributed by atoms with Crippen molar-refractivity contribution < 1.29 is 83.7 Å². The molecule has 168 valence electrons. The molecule has 0 aliphatic carbocycles. The summed E-state index contributed by atoms with van der Waals surface area (Å²) < 4.78 is 1.60. The number of nitrogens with zero attached hydrogens (tertiary/aromatic N) is 2. The molecule has 0 fully saturated rings. The molecular formula is C21H21N5Na2O6. The summed E-state index contributed by atoms with van der Waals surface area (Å²) in [6, 6.07) is 5.06. The third-order valence-electron chi connectivity index (χ3n) is 5.18. The van der Waals surface area contributed by atoms with Crippen LogP contribution in [0.25, 0.3) is 11.0 Å². The van der Waals surface area contributed by atoms with E-state index in [1.807, 2.05) is 0 Å². The molecule has 1 aromatic carbocycles. The van der Waals surface area contributed by atoms with E-state index in [1.165, 1.54) is 12.1 Å². The monoisotopic (exact) mass is 485 g/mol. The summed E-state index contributed by atoms with van der Waals surface area (Å²) in [5.74, 6) is -3.53. The number of hydrogen-bond donors (Lipinski definition) is 3. The maximum absolute atomic E-state index is 12.3. The van der Waals surface area contributed by atoms with E-state index in [-0.39, 0.29) is 77.0 Å². The first-order valence-corrected chi connectivity index (χ1v) is 9.80. The topological polar surface area (TPSA) is 186 Å². The van der Waals surface area contributed by atoms with Gasteiger partial charge in [0.15, 0.2) is 0 Å². The van der Waals surface area contributed by atoms with E-state index in [1.54, 1.807) is 29.9 Å². The molecular weight excluding hydrogens is 464 g/mol. The van der Waals surface area contributed by atoms with Crippen LogP contribution in [-0.4, -0.2) is 38.4 Å². The van der Waals surface area contributed by atoms with Crippen LogP contribution in [0.5, 0.6) is 0 Å². The Labute approximate surface area is 238 Å². The number of aryl methyl sites for hydroxylation is 3. The molecule has 0 unspecified atom stereocenters. The van der Waals surface area contributed by atoms with Crippen molar-refractivity contribution in [2.75, 3.05) is 5.73 Å². The summed E-state index contributed by atoms with van der Waals surface area (Å²) >= 11 is 0. The van der Waals surface area contributed by atoms with Crippen molar-refractivity contribution in [1.82, 2.24) is 19.9 Å². The van der Waals surface area contributed by atoms with Crippen LogP contribution in [0.1, 0.15) is 34.3 Å². The predicted molar refractivity (Wildman–Crippen MR) is 110 cm³/mol. The summed E-state index contributed by atoms with van der Waals surface area (Å²) in [7, 11) is 1.71. The van der Waals surface area contributed by atoms with Gasteiger partial charge >= 0.3 is 59.1 Å². The fourth-order valence-corrected chi connectivity index (χ4v) is 3.36. The SMILES string of the molecule is Cn1c(N)nc(=O)c2c(CCc3ccc(C(=O)N[C@@H](CCC(=O)[O-])C(=O)[O-])cc3)c[nH]c21.[Na+].[Na+]. The van der Waals surface area contributed by atoms with Crippen LogP contribution in [0.15, 0.2) is 35.3 Å². The van der Waals surface area contributed by atoms with E-state index in [0.717, 1.165) is 11.1 Å². The number of rotatable bonds is 9. The van der Waals surface area contributed by atoms with Gasteiger partial charge in [-0.05, 0) is 48.9 Å². The van der Waals surface area contributed by atoms with Crippen molar-refractivity contribution in [3.8, 4) is 0 Å². The van der Waals surface area contributed by atoms with Crippen molar-refractivity contribution in [1.29, 1.82) is 0 Å². The minimum Gasteiger partial charge on any atom is -0.550 e. The molecule has 3 aromatic rings. The Morgan fingerprint density at radius 2 is 1.79 bits per heavy atom. The zero-order valence-electron chi connectivity index (χ0n) is 19.2. The van der Waals surface area contributed by atoms with Gasteiger partial charge in [0.2, 0.25) is 5.95 Å². The Morgan fingerprint density at radius 3 is 2.38 bits per heavy atom. The second-order valence-electron chi connectivity index (χ2n) is 7.32. The molecule has 0 radical (unpaired) electrons. The van der Waals surface area contributed by atoms with Gasteiger partial charge in [-0.1, -0.05) is 12.1 Å². The van der Waals surface area contributed by atoms with Crippen LogP contribution < -0.4 is 85.9 Å². The Kier molecular flexibility index (Phi) is 11.5. The Hall–Kier alpha value is -2.15. The van der Waals surface area contributed by atoms with Crippen LogP contribution in [0, 0.1) is 0 Å². The second-order valence-corrected chi connectivity index (χ2v) is 7.32. The Balaban J connectivity index is 0.00000289. The van der Waals surface area contributed by atoms with Crippen LogP contribution in [0.4, 0.5) is 5.95 Å². The van der Waals surface area contributed by atoms with Gasteiger partial charge in [0.25, 0.3) is 11.5 Å². The van der Waals surface area contributed by atoms with Gasteiger partial charge in [-0.15, -0.1) is 0 Å². The summed E-state index contributed by atoms with van der Waals surface area (Å²) in [5, 5.41) is 24.4. The van der Waals surface area contributed by atoms with E-state index in [2.05, 4.69) is 15.3 Å². The standard InChI is InChI=1S/C21H23N5O6.2Na/c1-26-17-16(19(30)25-21(26)22)13(10-23-17)7-4-11-2-5-12(6-3-11)18(29)24-14(20(31)32)8-9-15(27)28;;/h2-3,5-6,10,14,23H,4,7-9H2,1H3,(H,24,29)(H,27,28)(H,31,32)(H2,22,25,30);;/q;2*+1/p-2/t14-;;/m0../s1. The number of anilines is 1. The molecule has 34 heavy (non-hydrogen) atoms. The number of aromatic amines is 1. The number of nitrogen functional groups attached to an aromatic ring is 1. The van der Waals surface area contributed by atoms with Crippen LogP contribution in [0.3, 0.4) is 0 Å². The first kappa shape index (κ1) is 29.9. The van der Waals surface area contributed by atoms with Crippen molar-refractivity contribution in [2.45, 2.75) is 31.7 Å². The zero-order valence-corrected chi connectivity index (χ0v) is 23.2. The Bertz CT molecular complexity index is 1240. The first-order chi connectivity index (χ1) is 15.2. The minimum absolute atomic E-state index is 0. The van der Waals surface area contributed by atoms with Crippen LogP contribution in [0.2, 0.25) is 0 Å². The number of nitrogens with one attached hydrogen (secondary N) is 2. The number of aliphatic carboxylic acids is 2. The van der Waals surface area contributed by atoms with Gasteiger partial charge in [0, 0.05) is 24.8 Å². The number of carbonyl (C=O) groups is 3. The summed E-state index contributed by atoms with van der Waals surface area (Å²) in [5.41, 5.74) is 7.80. The quantitative estimate of drug-likeness (QED) is 0.249. The number of hydrogen-bond acceptors (Lipinski definition) is 8. The minimum atomic E-state index is -1.57. The molecule has 0 saturated carbocycles. The van der Waals surface area contributed by atoms with Crippen molar-refractivity contribution in [3.05, 3.63) is 57.5 Å². The third kappa shape index (κ3) is 7.17. The number of nitrogens with two attached hydrogens (primary N) is 1. The molecule has 0 aliphatic heterocycles. The molecule has 0 bridgehead atoms. The van der Waals surface area contributed by atoms with Gasteiger partial charge in [-0.25, -0.2) is 0 Å². The normalized spacial score (nSPS) is 11.2. The summed E-state index contributed by atoms with van der Waals surface area (Å²) in [6.45, 7) is 0. The van der Waals surface area contributed by atoms with E-state index >= 15 is 0 Å². The molecule has 0 spiro atoms. The number of carbonyl (C=O) groups excluding carboxylic acids is 3. The fraction of sp³-hybridized carbons (Fsp3) is 0.286. The molecule has 1 atom stereocenters. The molecule has 0 saturated heterocycles. The first-order valence-electron chi connectivity index (χ1n) is 9.80. The summed E-state index contributed by atoms with van der Waals surface area (Å²) in [4.78, 5) is 53.0. The fourth-order valence-electron chi connectivity index (χ4n) is 3.36. The molecule has 2 aromatic heterocycles. The molecule has 4 N–H and O–H groups in total. The van der Waals surface area contributed by atoms with Gasteiger partial charge in [0.05, 0.1) is 17.4 Å². The third-order valence-corrected chi connectivity index (χ3v) is 5.18. The van der Waals surface area contributed by atoms with Crippen molar-refractivity contribution in [2.24, 2.45) is 7.05 Å². The largest absolute Gasteiger partial charge is 1.00 e. The predicted octanol–water partition coefficient (Wildman–Crippen LogP) is -7.98. The van der Waals surface area contributed by atoms with Crippen molar-refractivity contribution in [3.63, 3.8) is 0 Å². The maximum atomic E-state index is 12.3. The number of amides is 1. The number of carboxylic acid groups (broad SMARTS) is 2. The number of carboxylic acids is 2. The molecule has 0 aliphatic rings. The van der Waals surface area contributed by atoms with E-state index in [9.17, 15) is 29.4 Å². The molecule has 3 rings (SSSR count). The Morgan fingerprint density at radius 1 is 1.15 bits per heavy atom. The van der Waals surface area contributed by atoms with Gasteiger partial charge in [0.1, 0.15) is 5.65 Å². The van der Waals surface area contributed by atoms with Gasteiger partial charge in [-0.2, -0.15) is 4.98 Å². The van der Waals surface area contributed by atoms with E-state index in [4.69, 9.17) is 5.73 Å². The van der Waals surface area contributed by atoms with Crippen LogP contribution >= 0.6 is 0 Å². The molecule has 13 heteroatoms. The number of fused-ring (bicyclic) bond motifs is 1. The molecule has 2 heterocycles. The average Bonchev–Trinajstić information content (AvgIpc) is 3.18. The van der Waals surface area contributed by atoms with Crippen molar-refractivity contribution >= 4 is 34.8 Å². The molecule has 11 nitrogen and oxygen atoms in total. The van der Waals surface area contributed by atoms with Crippen LogP contribution in [-0.2, 0) is 29.5 Å². The number of aromatic nitrogens is 3. The maximum Gasteiger partial charge on any atom is 1.00 e. The summed E-state index contributed by atoms with van der Waals surface area (Å²) in [6.07, 6.45) is 2.01. The molecule has 1 amide bonds. The average molecular weight is 485 g/mol. The second kappa shape index (κ2) is 13.1. The van der Waals surface area contributed by atoms with E-state index < -0.39 is 35.9 Å². The number of H-pyrrole nitrogens is 1. The number of benzene rings is 1. The van der Waals surface area contributed by atoms with E-state index in [0.29, 0.717) is 23.9 Å².